The Bertz CT molecular complexity index is 664. The number of rotatable bonds is 4. The smallest absolute Gasteiger partial charge is 0.264 e. The number of para-hydroxylation sites is 1. The Morgan fingerprint density at radius 2 is 2.10 bits per heavy atom. The minimum Gasteiger partial charge on any atom is -0.264 e. The van der Waals surface area contributed by atoms with Crippen LogP contribution in [0.25, 0.3) is 0 Å². The van der Waals surface area contributed by atoms with E-state index in [0.717, 1.165) is 5.56 Å². The first-order valence-electron chi connectivity index (χ1n) is 6.11. The fraction of sp³-hybridized carbons (Fsp3) is 0.200. The highest BCUT2D eigenvalue weighted by molar-refractivity contribution is 5.48. The first kappa shape index (κ1) is 13.7. The van der Waals surface area contributed by atoms with Gasteiger partial charge in [-0.15, -0.1) is 0 Å². The highest BCUT2D eigenvalue weighted by Gasteiger charge is 2.33. The Kier molecular flexibility index (Phi) is 3.76. The maximum atomic E-state index is 11.1. The number of nitro groups is 1. The Balaban J connectivity index is 2.47. The summed E-state index contributed by atoms with van der Waals surface area (Å²) < 4.78 is 0. The average molecular weight is 267 g/mol. The van der Waals surface area contributed by atoms with Crippen molar-refractivity contribution in [2.75, 3.05) is 0 Å². The first-order valence-corrected chi connectivity index (χ1v) is 6.11. The van der Waals surface area contributed by atoms with Crippen LogP contribution in [0.1, 0.15) is 18.1 Å². The molecule has 1 atom stereocenters. The van der Waals surface area contributed by atoms with Gasteiger partial charge in [0, 0.05) is 18.5 Å². The highest BCUT2D eigenvalue weighted by atomic mass is 16.6. The molecule has 0 saturated carbocycles. The van der Waals surface area contributed by atoms with Gasteiger partial charge in [-0.25, -0.2) is 0 Å². The molecule has 0 aliphatic rings. The van der Waals surface area contributed by atoms with Gasteiger partial charge in [-0.05, 0) is 25.0 Å². The number of hydrogen-bond donors (Lipinski definition) is 0. The molecule has 0 bridgehead atoms. The molecule has 5 nitrogen and oxygen atoms in total. The normalized spacial score (nSPS) is 13.2. The average Bonchev–Trinajstić information content (AvgIpc) is 2.48. The molecule has 0 fully saturated rings. The fourth-order valence-corrected chi connectivity index (χ4v) is 2.21. The van der Waals surface area contributed by atoms with Crippen molar-refractivity contribution in [2.24, 2.45) is 0 Å². The molecule has 1 aromatic carbocycles. The molecule has 100 valence electrons. The molecule has 2 rings (SSSR count). The van der Waals surface area contributed by atoms with Crippen LogP contribution in [-0.2, 0) is 11.8 Å². The number of aromatic nitrogens is 1. The number of benzene rings is 1. The topological polar surface area (TPSA) is 79.8 Å². The zero-order valence-corrected chi connectivity index (χ0v) is 11.0. The Morgan fingerprint density at radius 1 is 1.35 bits per heavy atom. The second-order valence-electron chi connectivity index (χ2n) is 4.76. The van der Waals surface area contributed by atoms with Gasteiger partial charge in [0.15, 0.2) is 0 Å². The van der Waals surface area contributed by atoms with E-state index in [0.29, 0.717) is 12.0 Å². The van der Waals surface area contributed by atoms with Crippen molar-refractivity contribution in [3.63, 3.8) is 0 Å². The molecular weight excluding hydrogens is 254 g/mol. The quantitative estimate of drug-likeness (QED) is 0.630. The van der Waals surface area contributed by atoms with Gasteiger partial charge in [0.05, 0.1) is 22.0 Å². The van der Waals surface area contributed by atoms with E-state index in [9.17, 15) is 15.4 Å². The second-order valence-corrected chi connectivity index (χ2v) is 4.76. The minimum atomic E-state index is -0.966. The van der Waals surface area contributed by atoms with Gasteiger partial charge in [-0.3, -0.25) is 15.1 Å². The number of hydrogen-bond acceptors (Lipinski definition) is 4. The molecule has 0 aliphatic carbocycles. The summed E-state index contributed by atoms with van der Waals surface area (Å²) in [6.07, 6.45) is 3.70. The Morgan fingerprint density at radius 3 is 2.70 bits per heavy atom. The van der Waals surface area contributed by atoms with Gasteiger partial charge in [0.25, 0.3) is 5.69 Å². The lowest BCUT2D eigenvalue weighted by atomic mass is 9.78. The fourth-order valence-electron chi connectivity index (χ4n) is 2.21. The summed E-state index contributed by atoms with van der Waals surface area (Å²) in [6, 6.07) is 12.2. The van der Waals surface area contributed by atoms with Gasteiger partial charge in [-0.2, -0.15) is 5.26 Å². The zero-order chi connectivity index (χ0) is 14.6. The SMILES string of the molecule is CC(C#N)(Cc1cccnc1)c1ccccc1[N+](=O)[O-]. The van der Waals surface area contributed by atoms with Crippen LogP contribution in [0.2, 0.25) is 0 Å². The van der Waals surface area contributed by atoms with Crippen molar-refractivity contribution in [2.45, 2.75) is 18.8 Å². The zero-order valence-electron chi connectivity index (χ0n) is 11.0. The summed E-state index contributed by atoms with van der Waals surface area (Å²) in [6.45, 7) is 1.71. The van der Waals surface area contributed by atoms with Crippen molar-refractivity contribution in [1.82, 2.24) is 4.98 Å². The molecule has 0 radical (unpaired) electrons. The molecule has 0 amide bonds. The Labute approximate surface area is 116 Å². The molecule has 0 spiro atoms. The molecule has 2 aromatic rings. The van der Waals surface area contributed by atoms with Crippen molar-refractivity contribution >= 4 is 5.69 Å². The summed E-state index contributed by atoms with van der Waals surface area (Å²) >= 11 is 0. The molecular formula is C15H13N3O2. The van der Waals surface area contributed by atoms with Crippen LogP contribution in [0.5, 0.6) is 0 Å². The third kappa shape index (κ3) is 2.64. The molecule has 1 heterocycles. The molecule has 0 N–H and O–H groups in total. The summed E-state index contributed by atoms with van der Waals surface area (Å²) in [7, 11) is 0. The van der Waals surface area contributed by atoms with Crippen molar-refractivity contribution in [1.29, 1.82) is 5.26 Å². The van der Waals surface area contributed by atoms with Crippen LogP contribution in [0.3, 0.4) is 0 Å². The lowest BCUT2D eigenvalue weighted by molar-refractivity contribution is -0.385. The number of nitro benzene ring substituents is 1. The van der Waals surface area contributed by atoms with E-state index in [-0.39, 0.29) is 5.69 Å². The van der Waals surface area contributed by atoms with E-state index < -0.39 is 10.3 Å². The highest BCUT2D eigenvalue weighted by Crippen LogP contribution is 2.33. The van der Waals surface area contributed by atoms with Crippen LogP contribution in [-0.4, -0.2) is 9.91 Å². The maximum absolute atomic E-state index is 11.1. The van der Waals surface area contributed by atoms with Crippen molar-refractivity contribution < 1.29 is 4.92 Å². The molecule has 20 heavy (non-hydrogen) atoms. The Hall–Kier alpha value is -2.74. The van der Waals surface area contributed by atoms with E-state index in [4.69, 9.17) is 0 Å². The van der Waals surface area contributed by atoms with E-state index in [2.05, 4.69) is 11.1 Å². The largest absolute Gasteiger partial charge is 0.274 e. The minimum absolute atomic E-state index is 0.0274. The lowest BCUT2D eigenvalue weighted by Crippen LogP contribution is -2.24. The number of pyridine rings is 1. The predicted molar refractivity (Wildman–Crippen MR) is 74.0 cm³/mol. The summed E-state index contributed by atoms with van der Waals surface area (Å²) in [5.74, 6) is 0. The molecule has 0 saturated heterocycles. The summed E-state index contributed by atoms with van der Waals surface area (Å²) in [5.41, 5.74) is 0.304. The van der Waals surface area contributed by atoms with Crippen LogP contribution < -0.4 is 0 Å². The third-order valence-corrected chi connectivity index (χ3v) is 3.22. The summed E-state index contributed by atoms with van der Waals surface area (Å²) in [5, 5.41) is 20.6. The van der Waals surface area contributed by atoms with Gasteiger partial charge in [0.2, 0.25) is 0 Å². The maximum Gasteiger partial charge on any atom is 0.274 e. The predicted octanol–water partition coefficient (Wildman–Crippen LogP) is 3.01. The van der Waals surface area contributed by atoms with Crippen LogP contribution in [0, 0.1) is 21.4 Å². The van der Waals surface area contributed by atoms with E-state index in [1.54, 1.807) is 43.6 Å². The number of nitriles is 1. The van der Waals surface area contributed by atoms with Crippen molar-refractivity contribution in [3.05, 3.63) is 70.0 Å². The lowest BCUT2D eigenvalue weighted by Gasteiger charge is -2.21. The van der Waals surface area contributed by atoms with Crippen LogP contribution in [0.15, 0.2) is 48.8 Å². The number of nitrogens with zero attached hydrogens (tertiary/aromatic N) is 3. The molecule has 1 unspecified atom stereocenters. The van der Waals surface area contributed by atoms with Crippen molar-refractivity contribution in [3.8, 4) is 6.07 Å². The van der Waals surface area contributed by atoms with Gasteiger partial charge in [0.1, 0.15) is 0 Å². The van der Waals surface area contributed by atoms with Gasteiger partial charge in [-0.1, -0.05) is 24.3 Å². The molecule has 0 aliphatic heterocycles. The molecule has 1 aromatic heterocycles. The van der Waals surface area contributed by atoms with Crippen LogP contribution in [0.4, 0.5) is 5.69 Å². The van der Waals surface area contributed by atoms with E-state index >= 15 is 0 Å². The molecule has 5 heteroatoms. The third-order valence-electron chi connectivity index (χ3n) is 3.22. The van der Waals surface area contributed by atoms with E-state index in [1.165, 1.54) is 6.07 Å². The van der Waals surface area contributed by atoms with E-state index in [1.807, 2.05) is 6.07 Å². The summed E-state index contributed by atoms with van der Waals surface area (Å²) in [4.78, 5) is 14.7. The standard InChI is InChI=1S/C15H13N3O2/c1-15(11-16,9-12-5-4-8-17-10-12)13-6-2-3-7-14(13)18(19)20/h2-8,10H,9H2,1H3. The van der Waals surface area contributed by atoms with Crippen LogP contribution >= 0.6 is 0 Å². The van der Waals surface area contributed by atoms with Gasteiger partial charge >= 0.3 is 0 Å². The monoisotopic (exact) mass is 267 g/mol. The van der Waals surface area contributed by atoms with Gasteiger partial charge < -0.3 is 0 Å². The second kappa shape index (κ2) is 5.49. The first-order chi connectivity index (χ1) is 9.57.